The molecule has 0 aliphatic heterocycles. The average Bonchev–Trinajstić information content (AvgIpc) is 2.21. The largest absolute Gasteiger partial charge is 0.328 e. The van der Waals surface area contributed by atoms with E-state index in [1.165, 1.54) is 13.0 Å². The normalized spacial score (nSPS) is 13.8. The van der Waals surface area contributed by atoms with Gasteiger partial charge in [-0.25, -0.2) is 0 Å². The van der Waals surface area contributed by atoms with Crippen LogP contribution in [0.1, 0.15) is 33.1 Å². The molecule has 1 unspecified atom stereocenters. The van der Waals surface area contributed by atoms with Crippen molar-refractivity contribution in [3.05, 3.63) is 0 Å². The van der Waals surface area contributed by atoms with Crippen molar-refractivity contribution in [2.75, 3.05) is 40.3 Å². The molecule has 3 heteroatoms. The van der Waals surface area contributed by atoms with E-state index in [-0.39, 0.29) is 0 Å². The predicted octanol–water partition coefficient (Wildman–Crippen LogP) is 1.39. The maximum atomic E-state index is 5.94. The summed E-state index contributed by atoms with van der Waals surface area (Å²) in [5, 5.41) is 0. The van der Waals surface area contributed by atoms with E-state index < -0.39 is 0 Å². The van der Waals surface area contributed by atoms with Crippen LogP contribution in [0.15, 0.2) is 0 Å². The first-order chi connectivity index (χ1) is 7.10. The summed E-state index contributed by atoms with van der Waals surface area (Å²) >= 11 is 0. The number of likely N-dealkylation sites (N-methyl/N-ethyl adjacent to an activating group) is 1. The molecule has 0 fully saturated rings. The van der Waals surface area contributed by atoms with Gasteiger partial charge in [0.05, 0.1) is 0 Å². The Labute approximate surface area is 95.6 Å². The van der Waals surface area contributed by atoms with Gasteiger partial charge >= 0.3 is 0 Å². The van der Waals surface area contributed by atoms with Crippen molar-refractivity contribution < 1.29 is 0 Å². The Kier molecular flexibility index (Phi) is 9.06. The van der Waals surface area contributed by atoms with Crippen molar-refractivity contribution in [2.24, 2.45) is 5.73 Å². The molecule has 0 radical (unpaired) electrons. The van der Waals surface area contributed by atoms with Gasteiger partial charge in [0, 0.05) is 19.1 Å². The van der Waals surface area contributed by atoms with E-state index in [1.807, 2.05) is 0 Å². The van der Waals surface area contributed by atoms with E-state index in [0.717, 1.165) is 32.5 Å². The summed E-state index contributed by atoms with van der Waals surface area (Å²) in [6, 6.07) is 0.378. The van der Waals surface area contributed by atoms with E-state index >= 15 is 0 Å². The minimum Gasteiger partial charge on any atom is -0.328 e. The SMILES string of the molecule is CCCN(CCC(N)CC)CCN(C)C. The van der Waals surface area contributed by atoms with Crippen LogP contribution in [0, 0.1) is 0 Å². The zero-order valence-corrected chi connectivity index (χ0v) is 11.0. The van der Waals surface area contributed by atoms with Gasteiger partial charge in [0.2, 0.25) is 0 Å². The predicted molar refractivity (Wildman–Crippen MR) is 68.2 cm³/mol. The summed E-state index contributed by atoms with van der Waals surface area (Å²) in [6.45, 7) is 9.05. The molecule has 0 aromatic carbocycles. The van der Waals surface area contributed by atoms with Crippen LogP contribution in [0.2, 0.25) is 0 Å². The molecule has 0 saturated heterocycles. The first kappa shape index (κ1) is 14.9. The van der Waals surface area contributed by atoms with Gasteiger partial charge in [-0.15, -0.1) is 0 Å². The fourth-order valence-electron chi connectivity index (χ4n) is 1.55. The molecule has 0 bridgehead atoms. The standard InChI is InChI=1S/C12H29N3/c1-5-8-15(11-10-14(3)4)9-7-12(13)6-2/h12H,5-11,13H2,1-4H3. The highest BCUT2D eigenvalue weighted by Crippen LogP contribution is 1.99. The number of nitrogens with two attached hydrogens (primary N) is 1. The Balaban J connectivity index is 3.72. The van der Waals surface area contributed by atoms with Gasteiger partial charge in [-0.2, -0.15) is 0 Å². The second kappa shape index (κ2) is 9.13. The summed E-state index contributed by atoms with van der Waals surface area (Å²) in [6.07, 6.45) is 3.45. The van der Waals surface area contributed by atoms with Crippen LogP contribution in [0.4, 0.5) is 0 Å². The Hall–Kier alpha value is -0.120. The minimum atomic E-state index is 0.378. The molecule has 0 amide bonds. The molecule has 0 aromatic heterocycles. The number of hydrogen-bond acceptors (Lipinski definition) is 3. The van der Waals surface area contributed by atoms with E-state index in [1.54, 1.807) is 0 Å². The van der Waals surface area contributed by atoms with Gasteiger partial charge in [-0.3, -0.25) is 0 Å². The van der Waals surface area contributed by atoms with E-state index in [4.69, 9.17) is 5.73 Å². The smallest absolute Gasteiger partial charge is 0.0109 e. The minimum absolute atomic E-state index is 0.378. The number of hydrogen-bond donors (Lipinski definition) is 1. The van der Waals surface area contributed by atoms with Crippen LogP contribution < -0.4 is 5.73 Å². The second-order valence-electron chi connectivity index (χ2n) is 4.60. The van der Waals surface area contributed by atoms with Crippen molar-refractivity contribution in [3.8, 4) is 0 Å². The summed E-state index contributed by atoms with van der Waals surface area (Å²) in [7, 11) is 4.25. The molecule has 92 valence electrons. The molecular weight excluding hydrogens is 186 g/mol. The lowest BCUT2D eigenvalue weighted by Crippen LogP contribution is -2.35. The lowest BCUT2D eigenvalue weighted by Gasteiger charge is -2.24. The van der Waals surface area contributed by atoms with Crippen LogP contribution in [-0.4, -0.2) is 56.1 Å². The molecule has 0 rings (SSSR count). The van der Waals surface area contributed by atoms with Gasteiger partial charge in [0.25, 0.3) is 0 Å². The average molecular weight is 215 g/mol. The van der Waals surface area contributed by atoms with E-state index in [0.29, 0.717) is 6.04 Å². The molecule has 2 N–H and O–H groups in total. The molecule has 0 saturated carbocycles. The monoisotopic (exact) mass is 215 g/mol. The lowest BCUT2D eigenvalue weighted by atomic mass is 10.1. The van der Waals surface area contributed by atoms with Crippen molar-refractivity contribution in [2.45, 2.75) is 39.2 Å². The second-order valence-corrected chi connectivity index (χ2v) is 4.60. The molecule has 3 nitrogen and oxygen atoms in total. The number of nitrogens with zero attached hydrogens (tertiary/aromatic N) is 2. The Morgan fingerprint density at radius 3 is 2.13 bits per heavy atom. The first-order valence-electron chi connectivity index (χ1n) is 6.22. The van der Waals surface area contributed by atoms with E-state index in [9.17, 15) is 0 Å². The van der Waals surface area contributed by atoms with Crippen molar-refractivity contribution in [3.63, 3.8) is 0 Å². The quantitative estimate of drug-likeness (QED) is 0.631. The summed E-state index contributed by atoms with van der Waals surface area (Å²) in [4.78, 5) is 4.76. The highest BCUT2D eigenvalue weighted by Gasteiger charge is 2.06. The lowest BCUT2D eigenvalue weighted by molar-refractivity contribution is 0.233. The highest BCUT2D eigenvalue weighted by molar-refractivity contribution is 4.65. The molecule has 0 aromatic rings. The first-order valence-corrected chi connectivity index (χ1v) is 6.22. The summed E-state index contributed by atoms with van der Waals surface area (Å²) in [5.41, 5.74) is 5.94. The van der Waals surface area contributed by atoms with Gasteiger partial charge < -0.3 is 15.5 Å². The fourth-order valence-corrected chi connectivity index (χ4v) is 1.55. The third-order valence-corrected chi connectivity index (χ3v) is 2.74. The summed E-state index contributed by atoms with van der Waals surface area (Å²) in [5.74, 6) is 0. The zero-order valence-electron chi connectivity index (χ0n) is 11.0. The highest BCUT2D eigenvalue weighted by atomic mass is 15.2. The Morgan fingerprint density at radius 1 is 1.00 bits per heavy atom. The zero-order chi connectivity index (χ0) is 11.7. The van der Waals surface area contributed by atoms with Crippen molar-refractivity contribution in [1.29, 1.82) is 0 Å². The molecule has 0 aliphatic rings. The van der Waals surface area contributed by atoms with Crippen LogP contribution in [0.25, 0.3) is 0 Å². The molecular formula is C12H29N3. The maximum absolute atomic E-state index is 5.94. The molecule has 0 heterocycles. The third-order valence-electron chi connectivity index (χ3n) is 2.74. The molecule has 1 atom stereocenters. The van der Waals surface area contributed by atoms with Gasteiger partial charge in [0.1, 0.15) is 0 Å². The van der Waals surface area contributed by atoms with Crippen LogP contribution in [0.5, 0.6) is 0 Å². The van der Waals surface area contributed by atoms with Gasteiger partial charge in [0.15, 0.2) is 0 Å². The molecule has 0 spiro atoms. The topological polar surface area (TPSA) is 32.5 Å². The van der Waals surface area contributed by atoms with Gasteiger partial charge in [-0.1, -0.05) is 13.8 Å². The molecule has 15 heavy (non-hydrogen) atoms. The van der Waals surface area contributed by atoms with E-state index in [2.05, 4.69) is 37.7 Å². The van der Waals surface area contributed by atoms with Gasteiger partial charge in [-0.05, 0) is 46.4 Å². The van der Waals surface area contributed by atoms with Crippen molar-refractivity contribution in [1.82, 2.24) is 9.80 Å². The Morgan fingerprint density at radius 2 is 1.67 bits per heavy atom. The summed E-state index contributed by atoms with van der Waals surface area (Å²) < 4.78 is 0. The van der Waals surface area contributed by atoms with Crippen LogP contribution in [0.3, 0.4) is 0 Å². The van der Waals surface area contributed by atoms with Crippen LogP contribution in [-0.2, 0) is 0 Å². The Bertz CT molecular complexity index is 137. The number of rotatable bonds is 9. The fraction of sp³-hybridized carbons (Fsp3) is 1.00. The molecule has 0 aliphatic carbocycles. The van der Waals surface area contributed by atoms with Crippen LogP contribution >= 0.6 is 0 Å². The maximum Gasteiger partial charge on any atom is 0.0109 e. The third kappa shape index (κ3) is 8.85. The van der Waals surface area contributed by atoms with Crippen molar-refractivity contribution >= 4 is 0 Å².